The minimum atomic E-state index is -0.440. The van der Waals surface area contributed by atoms with Crippen molar-refractivity contribution in [3.63, 3.8) is 0 Å². The Morgan fingerprint density at radius 3 is 2.79 bits per heavy atom. The van der Waals surface area contributed by atoms with Gasteiger partial charge in [0.05, 0.1) is 20.3 Å². The molecule has 1 aliphatic heterocycles. The van der Waals surface area contributed by atoms with Gasteiger partial charge in [-0.05, 0) is 13.8 Å². The predicted molar refractivity (Wildman–Crippen MR) is 74.2 cm³/mol. The standard InChI is InChI=1S/C12H21BrN2O4/c1-8(2)14-11(16)10-7-19-5-4-15(10)6-9(13)12(17)18-3/h8-10H,4-7H2,1-3H3,(H,14,16). The van der Waals surface area contributed by atoms with Crippen LogP contribution >= 0.6 is 15.9 Å². The van der Waals surface area contributed by atoms with Gasteiger partial charge in [0.1, 0.15) is 10.9 Å². The maximum absolute atomic E-state index is 12.1. The van der Waals surface area contributed by atoms with Crippen molar-refractivity contribution in [2.24, 2.45) is 0 Å². The van der Waals surface area contributed by atoms with Gasteiger partial charge in [0, 0.05) is 19.1 Å². The van der Waals surface area contributed by atoms with Gasteiger partial charge in [-0.15, -0.1) is 0 Å². The summed E-state index contributed by atoms with van der Waals surface area (Å²) in [5.74, 6) is -0.409. The van der Waals surface area contributed by atoms with Crippen LogP contribution in [-0.4, -0.2) is 67.1 Å². The third-order valence-electron chi connectivity index (χ3n) is 2.82. The largest absolute Gasteiger partial charge is 0.468 e. The SMILES string of the molecule is COC(=O)C(Br)CN1CCOCC1C(=O)NC(C)C. The monoisotopic (exact) mass is 336 g/mol. The topological polar surface area (TPSA) is 67.9 Å². The van der Waals surface area contributed by atoms with Gasteiger partial charge < -0.3 is 14.8 Å². The lowest BCUT2D eigenvalue weighted by atomic mass is 10.2. The number of halogens is 1. The molecule has 19 heavy (non-hydrogen) atoms. The number of hydrogen-bond acceptors (Lipinski definition) is 5. The Hall–Kier alpha value is -0.660. The van der Waals surface area contributed by atoms with Crippen molar-refractivity contribution in [3.8, 4) is 0 Å². The van der Waals surface area contributed by atoms with Gasteiger partial charge in [-0.2, -0.15) is 0 Å². The highest BCUT2D eigenvalue weighted by Crippen LogP contribution is 2.12. The molecule has 0 aromatic heterocycles. The molecule has 1 heterocycles. The van der Waals surface area contributed by atoms with Gasteiger partial charge in [-0.25, -0.2) is 0 Å². The van der Waals surface area contributed by atoms with E-state index in [0.29, 0.717) is 26.3 Å². The third kappa shape index (κ3) is 5.08. The number of nitrogens with one attached hydrogen (secondary N) is 1. The van der Waals surface area contributed by atoms with E-state index in [1.807, 2.05) is 18.7 Å². The Balaban J connectivity index is 2.62. The summed E-state index contributed by atoms with van der Waals surface area (Å²) in [7, 11) is 1.35. The van der Waals surface area contributed by atoms with Crippen molar-refractivity contribution in [1.29, 1.82) is 0 Å². The van der Waals surface area contributed by atoms with Crippen molar-refractivity contribution in [2.45, 2.75) is 30.8 Å². The number of morpholine rings is 1. The van der Waals surface area contributed by atoms with Crippen LogP contribution in [0.1, 0.15) is 13.8 Å². The van der Waals surface area contributed by atoms with Crippen LogP contribution in [0.5, 0.6) is 0 Å². The second-order valence-electron chi connectivity index (χ2n) is 4.74. The summed E-state index contributed by atoms with van der Waals surface area (Å²) in [5.41, 5.74) is 0. The minimum Gasteiger partial charge on any atom is -0.468 e. The Morgan fingerprint density at radius 1 is 1.53 bits per heavy atom. The van der Waals surface area contributed by atoms with E-state index in [1.54, 1.807) is 0 Å². The van der Waals surface area contributed by atoms with Crippen molar-refractivity contribution in [2.75, 3.05) is 33.4 Å². The lowest BCUT2D eigenvalue weighted by Crippen LogP contribution is -2.56. The van der Waals surface area contributed by atoms with E-state index in [1.165, 1.54) is 7.11 Å². The molecule has 1 fully saturated rings. The maximum atomic E-state index is 12.1. The minimum absolute atomic E-state index is 0.0701. The first-order valence-corrected chi connectivity index (χ1v) is 7.21. The van der Waals surface area contributed by atoms with E-state index in [0.717, 1.165) is 0 Å². The van der Waals surface area contributed by atoms with Crippen molar-refractivity contribution >= 4 is 27.8 Å². The van der Waals surface area contributed by atoms with E-state index < -0.39 is 4.83 Å². The molecule has 110 valence electrons. The Labute approximate surface area is 121 Å². The predicted octanol–water partition coefficient (Wildman–Crippen LogP) is 0.148. The van der Waals surface area contributed by atoms with Crippen molar-refractivity contribution in [1.82, 2.24) is 10.2 Å². The molecule has 1 amide bonds. The molecule has 1 N–H and O–H groups in total. The zero-order chi connectivity index (χ0) is 14.4. The van der Waals surface area contributed by atoms with Crippen LogP contribution in [0.4, 0.5) is 0 Å². The summed E-state index contributed by atoms with van der Waals surface area (Å²) in [4.78, 5) is 25.0. The number of amides is 1. The molecule has 0 aliphatic carbocycles. The number of esters is 1. The fourth-order valence-electron chi connectivity index (χ4n) is 1.89. The number of carbonyl (C=O) groups is 2. The van der Waals surface area contributed by atoms with Crippen LogP contribution in [0.2, 0.25) is 0 Å². The molecule has 7 heteroatoms. The first-order valence-electron chi connectivity index (χ1n) is 6.29. The number of rotatable bonds is 5. The Bertz CT molecular complexity index is 325. The molecule has 1 aliphatic rings. The van der Waals surface area contributed by atoms with Crippen LogP contribution in [0.3, 0.4) is 0 Å². The van der Waals surface area contributed by atoms with E-state index in [2.05, 4.69) is 26.0 Å². The van der Waals surface area contributed by atoms with Crippen LogP contribution in [-0.2, 0) is 19.1 Å². The highest BCUT2D eigenvalue weighted by atomic mass is 79.9. The summed E-state index contributed by atoms with van der Waals surface area (Å²) in [6, 6.07) is -0.280. The second kappa shape index (κ2) is 7.81. The fourth-order valence-corrected chi connectivity index (χ4v) is 2.45. The van der Waals surface area contributed by atoms with E-state index in [-0.39, 0.29) is 24.0 Å². The molecule has 0 spiro atoms. The molecule has 2 unspecified atom stereocenters. The van der Waals surface area contributed by atoms with E-state index >= 15 is 0 Å². The second-order valence-corrected chi connectivity index (χ2v) is 5.84. The lowest BCUT2D eigenvalue weighted by Gasteiger charge is -2.35. The molecule has 0 aromatic rings. The summed E-state index contributed by atoms with van der Waals surface area (Å²) in [5, 5.41) is 2.87. The van der Waals surface area contributed by atoms with Crippen molar-refractivity contribution < 1.29 is 19.1 Å². The average molecular weight is 337 g/mol. The van der Waals surface area contributed by atoms with Gasteiger partial charge in [-0.3, -0.25) is 14.5 Å². The zero-order valence-corrected chi connectivity index (χ0v) is 13.1. The molecule has 6 nitrogen and oxygen atoms in total. The third-order valence-corrected chi connectivity index (χ3v) is 3.49. The van der Waals surface area contributed by atoms with E-state index in [9.17, 15) is 9.59 Å². The smallest absolute Gasteiger partial charge is 0.320 e. The highest BCUT2D eigenvalue weighted by molar-refractivity contribution is 9.10. The Kier molecular flexibility index (Phi) is 6.74. The van der Waals surface area contributed by atoms with Gasteiger partial charge >= 0.3 is 5.97 Å². The average Bonchev–Trinajstić information content (AvgIpc) is 2.37. The summed E-state index contributed by atoms with van der Waals surface area (Å²) < 4.78 is 10.0. The molecule has 0 saturated carbocycles. The highest BCUT2D eigenvalue weighted by Gasteiger charge is 2.32. The van der Waals surface area contributed by atoms with Crippen LogP contribution < -0.4 is 5.32 Å². The molecule has 0 bridgehead atoms. The number of ether oxygens (including phenoxy) is 2. The molecule has 2 atom stereocenters. The summed E-state index contributed by atoms with van der Waals surface area (Å²) >= 11 is 3.28. The van der Waals surface area contributed by atoms with Gasteiger partial charge in [0.15, 0.2) is 0 Å². The molecule has 0 aromatic carbocycles. The van der Waals surface area contributed by atoms with Crippen LogP contribution in [0.25, 0.3) is 0 Å². The lowest BCUT2D eigenvalue weighted by molar-refractivity contribution is -0.142. The normalized spacial score (nSPS) is 22.1. The molecule has 1 rings (SSSR count). The molecular formula is C12H21BrN2O4. The van der Waals surface area contributed by atoms with E-state index in [4.69, 9.17) is 4.74 Å². The molecular weight excluding hydrogens is 316 g/mol. The van der Waals surface area contributed by atoms with Gasteiger partial charge in [0.2, 0.25) is 5.91 Å². The van der Waals surface area contributed by atoms with Crippen LogP contribution in [0.15, 0.2) is 0 Å². The van der Waals surface area contributed by atoms with Crippen LogP contribution in [0, 0.1) is 0 Å². The molecule has 0 radical (unpaired) electrons. The summed E-state index contributed by atoms with van der Waals surface area (Å²) in [6.07, 6.45) is 0. The number of methoxy groups -OCH3 is 1. The maximum Gasteiger partial charge on any atom is 0.320 e. The Morgan fingerprint density at radius 2 is 2.21 bits per heavy atom. The fraction of sp³-hybridized carbons (Fsp3) is 0.833. The number of nitrogens with zero attached hydrogens (tertiary/aromatic N) is 1. The van der Waals surface area contributed by atoms with Gasteiger partial charge in [0.25, 0.3) is 0 Å². The first kappa shape index (κ1) is 16.4. The number of alkyl halides is 1. The first-order chi connectivity index (χ1) is 8.95. The molecule has 1 saturated heterocycles. The summed E-state index contributed by atoms with van der Waals surface area (Å²) in [6.45, 7) is 5.77. The zero-order valence-electron chi connectivity index (χ0n) is 11.5. The number of hydrogen-bond donors (Lipinski definition) is 1. The number of carbonyl (C=O) groups excluding carboxylic acids is 2. The van der Waals surface area contributed by atoms with Gasteiger partial charge in [-0.1, -0.05) is 15.9 Å². The quantitative estimate of drug-likeness (QED) is 0.571. The van der Waals surface area contributed by atoms with Crippen molar-refractivity contribution in [3.05, 3.63) is 0 Å².